The van der Waals surface area contributed by atoms with E-state index < -0.39 is 0 Å². The van der Waals surface area contributed by atoms with Crippen LogP contribution >= 0.6 is 0 Å². The summed E-state index contributed by atoms with van der Waals surface area (Å²) in [5, 5.41) is 5.96. The molecule has 0 fully saturated rings. The highest BCUT2D eigenvalue weighted by Crippen LogP contribution is 2.21. The van der Waals surface area contributed by atoms with Crippen LogP contribution in [0.25, 0.3) is 0 Å². The largest absolute Gasteiger partial charge is 0.497 e. The first-order chi connectivity index (χ1) is 11.8. The normalized spacial score (nSPS) is 10.2. The summed E-state index contributed by atoms with van der Waals surface area (Å²) in [5.41, 5.74) is 1.27. The Kier molecular flexibility index (Phi) is 4.76. The van der Waals surface area contributed by atoms with Crippen LogP contribution in [0.5, 0.6) is 5.75 Å². The van der Waals surface area contributed by atoms with Gasteiger partial charge in [-0.1, -0.05) is 0 Å². The van der Waals surface area contributed by atoms with Crippen molar-refractivity contribution < 1.29 is 13.9 Å². The standard InChI is InChI=1S/C18H17N3O3/c1-23-14-8-6-13(7-9-14)21-17-16(5-2-10-19-17)18(22)20-12-15-4-3-11-24-15/h2-11H,12H2,1H3,(H,19,21)(H,20,22). The number of rotatable bonds is 6. The van der Waals surface area contributed by atoms with Gasteiger partial charge in [-0.15, -0.1) is 0 Å². The summed E-state index contributed by atoms with van der Waals surface area (Å²) >= 11 is 0. The highest BCUT2D eigenvalue weighted by molar-refractivity contribution is 5.99. The Morgan fingerprint density at radius 1 is 1.17 bits per heavy atom. The van der Waals surface area contributed by atoms with E-state index in [1.807, 2.05) is 24.3 Å². The van der Waals surface area contributed by atoms with Crippen molar-refractivity contribution in [1.82, 2.24) is 10.3 Å². The molecule has 0 atom stereocenters. The monoisotopic (exact) mass is 323 g/mol. The second kappa shape index (κ2) is 7.32. The fourth-order valence-corrected chi connectivity index (χ4v) is 2.17. The predicted octanol–water partition coefficient (Wildman–Crippen LogP) is 3.36. The van der Waals surface area contributed by atoms with E-state index in [9.17, 15) is 4.79 Å². The molecule has 0 radical (unpaired) electrons. The highest BCUT2D eigenvalue weighted by atomic mass is 16.5. The number of benzene rings is 1. The van der Waals surface area contributed by atoms with Crippen molar-refractivity contribution in [2.45, 2.75) is 6.54 Å². The summed E-state index contributed by atoms with van der Waals surface area (Å²) in [6.45, 7) is 0.322. The van der Waals surface area contributed by atoms with Gasteiger partial charge in [0, 0.05) is 11.9 Å². The average Bonchev–Trinajstić information content (AvgIpc) is 3.14. The zero-order chi connectivity index (χ0) is 16.8. The molecule has 0 saturated carbocycles. The number of ether oxygens (including phenoxy) is 1. The van der Waals surface area contributed by atoms with Gasteiger partial charge in [0.25, 0.3) is 5.91 Å². The van der Waals surface area contributed by atoms with Crippen LogP contribution in [0.3, 0.4) is 0 Å². The second-order valence-electron chi connectivity index (χ2n) is 5.02. The van der Waals surface area contributed by atoms with E-state index in [1.54, 1.807) is 43.8 Å². The molecule has 0 spiro atoms. The van der Waals surface area contributed by atoms with Crippen molar-refractivity contribution >= 4 is 17.4 Å². The number of aromatic nitrogens is 1. The van der Waals surface area contributed by atoms with Gasteiger partial charge in [0.15, 0.2) is 0 Å². The fraction of sp³-hybridized carbons (Fsp3) is 0.111. The first-order valence-corrected chi connectivity index (χ1v) is 7.43. The molecule has 6 nitrogen and oxygen atoms in total. The molecular formula is C18H17N3O3. The van der Waals surface area contributed by atoms with Crippen molar-refractivity contribution in [3.05, 3.63) is 72.3 Å². The van der Waals surface area contributed by atoms with Crippen LogP contribution in [0, 0.1) is 0 Å². The maximum atomic E-state index is 12.4. The Labute approximate surface area is 139 Å². The van der Waals surface area contributed by atoms with Gasteiger partial charge < -0.3 is 19.8 Å². The summed E-state index contributed by atoms with van der Waals surface area (Å²) in [6, 6.07) is 14.4. The maximum absolute atomic E-state index is 12.4. The number of nitrogens with zero attached hydrogens (tertiary/aromatic N) is 1. The Bertz CT molecular complexity index is 799. The van der Waals surface area contributed by atoms with Gasteiger partial charge in [-0.25, -0.2) is 4.98 Å². The van der Waals surface area contributed by atoms with Crippen molar-refractivity contribution in [2.24, 2.45) is 0 Å². The van der Waals surface area contributed by atoms with Gasteiger partial charge >= 0.3 is 0 Å². The van der Waals surface area contributed by atoms with Crippen LogP contribution in [0.4, 0.5) is 11.5 Å². The number of furan rings is 1. The number of anilines is 2. The predicted molar refractivity (Wildman–Crippen MR) is 90.4 cm³/mol. The Hall–Kier alpha value is -3.28. The van der Waals surface area contributed by atoms with Gasteiger partial charge in [0.05, 0.1) is 25.5 Å². The molecule has 1 amide bonds. The smallest absolute Gasteiger partial charge is 0.255 e. The van der Waals surface area contributed by atoms with Crippen molar-refractivity contribution in [3.8, 4) is 5.75 Å². The molecule has 2 aromatic heterocycles. The molecule has 0 aliphatic carbocycles. The molecule has 3 rings (SSSR count). The molecule has 2 N–H and O–H groups in total. The van der Waals surface area contributed by atoms with Crippen LogP contribution < -0.4 is 15.4 Å². The molecule has 6 heteroatoms. The maximum Gasteiger partial charge on any atom is 0.255 e. The quantitative estimate of drug-likeness (QED) is 0.727. The van der Waals surface area contributed by atoms with E-state index in [4.69, 9.17) is 9.15 Å². The van der Waals surface area contributed by atoms with E-state index in [0.717, 1.165) is 11.4 Å². The van der Waals surface area contributed by atoms with Gasteiger partial charge in [-0.3, -0.25) is 4.79 Å². The number of methoxy groups -OCH3 is 1. The summed E-state index contributed by atoms with van der Waals surface area (Å²) < 4.78 is 10.3. The fourth-order valence-electron chi connectivity index (χ4n) is 2.17. The zero-order valence-electron chi connectivity index (χ0n) is 13.2. The van der Waals surface area contributed by atoms with E-state index in [-0.39, 0.29) is 5.91 Å². The van der Waals surface area contributed by atoms with Crippen LogP contribution in [0.2, 0.25) is 0 Å². The van der Waals surface area contributed by atoms with Gasteiger partial charge in [0.1, 0.15) is 17.3 Å². The number of pyridine rings is 1. The van der Waals surface area contributed by atoms with Crippen LogP contribution in [-0.4, -0.2) is 18.0 Å². The Morgan fingerprint density at radius 3 is 2.71 bits per heavy atom. The van der Waals surface area contributed by atoms with E-state index >= 15 is 0 Å². The SMILES string of the molecule is COc1ccc(Nc2ncccc2C(=O)NCc2ccco2)cc1. The lowest BCUT2D eigenvalue weighted by Crippen LogP contribution is -2.23. The molecule has 0 aliphatic heterocycles. The van der Waals surface area contributed by atoms with Gasteiger partial charge in [-0.2, -0.15) is 0 Å². The average molecular weight is 323 g/mol. The molecule has 24 heavy (non-hydrogen) atoms. The number of carbonyl (C=O) groups excluding carboxylic acids is 1. The van der Waals surface area contributed by atoms with Crippen LogP contribution in [0.1, 0.15) is 16.1 Å². The van der Waals surface area contributed by atoms with Crippen molar-refractivity contribution in [2.75, 3.05) is 12.4 Å². The number of hydrogen-bond acceptors (Lipinski definition) is 5. The molecule has 2 heterocycles. The van der Waals surface area contributed by atoms with Crippen LogP contribution in [-0.2, 0) is 6.54 Å². The van der Waals surface area contributed by atoms with E-state index in [1.165, 1.54) is 0 Å². The Morgan fingerprint density at radius 2 is 2.00 bits per heavy atom. The summed E-state index contributed by atoms with van der Waals surface area (Å²) in [7, 11) is 1.61. The summed E-state index contributed by atoms with van der Waals surface area (Å²) in [5.74, 6) is 1.71. The van der Waals surface area contributed by atoms with Crippen molar-refractivity contribution in [3.63, 3.8) is 0 Å². The Balaban J connectivity index is 1.72. The summed E-state index contributed by atoms with van der Waals surface area (Å²) in [4.78, 5) is 16.7. The van der Waals surface area contributed by atoms with E-state index in [2.05, 4.69) is 15.6 Å². The minimum atomic E-state index is -0.226. The molecule has 0 aliphatic rings. The first kappa shape index (κ1) is 15.6. The summed E-state index contributed by atoms with van der Waals surface area (Å²) in [6.07, 6.45) is 3.21. The third kappa shape index (κ3) is 3.73. The molecule has 3 aromatic rings. The lowest BCUT2D eigenvalue weighted by Gasteiger charge is -2.11. The first-order valence-electron chi connectivity index (χ1n) is 7.43. The van der Waals surface area contributed by atoms with Crippen molar-refractivity contribution in [1.29, 1.82) is 0 Å². The number of carbonyl (C=O) groups is 1. The molecule has 0 bridgehead atoms. The minimum Gasteiger partial charge on any atom is -0.497 e. The zero-order valence-corrected chi connectivity index (χ0v) is 13.2. The molecular weight excluding hydrogens is 306 g/mol. The lowest BCUT2D eigenvalue weighted by atomic mass is 10.2. The topological polar surface area (TPSA) is 76.4 Å². The second-order valence-corrected chi connectivity index (χ2v) is 5.02. The van der Waals surface area contributed by atoms with Crippen LogP contribution in [0.15, 0.2) is 65.4 Å². The van der Waals surface area contributed by atoms with E-state index in [0.29, 0.717) is 23.7 Å². The third-order valence-corrected chi connectivity index (χ3v) is 3.41. The molecule has 0 saturated heterocycles. The molecule has 1 aromatic carbocycles. The molecule has 0 unspecified atom stereocenters. The number of hydrogen-bond donors (Lipinski definition) is 2. The third-order valence-electron chi connectivity index (χ3n) is 3.41. The minimum absolute atomic E-state index is 0.226. The van der Waals surface area contributed by atoms with Gasteiger partial charge in [-0.05, 0) is 48.5 Å². The number of amides is 1. The lowest BCUT2D eigenvalue weighted by molar-refractivity contribution is 0.0948. The van der Waals surface area contributed by atoms with Gasteiger partial charge in [0.2, 0.25) is 0 Å². The number of nitrogens with one attached hydrogen (secondary N) is 2. The molecule has 122 valence electrons. The highest BCUT2D eigenvalue weighted by Gasteiger charge is 2.12.